The highest BCUT2D eigenvalue weighted by Crippen LogP contribution is 2.33. The average molecular weight is 246 g/mol. The fourth-order valence-electron chi connectivity index (χ4n) is 3.11. The van der Waals surface area contributed by atoms with Gasteiger partial charge in [0.2, 0.25) is 0 Å². The van der Waals surface area contributed by atoms with Gasteiger partial charge < -0.3 is 5.73 Å². The molecule has 0 amide bonds. The van der Waals surface area contributed by atoms with Crippen LogP contribution >= 0.6 is 0 Å². The van der Waals surface area contributed by atoms with Crippen LogP contribution in [0.15, 0.2) is 24.3 Å². The van der Waals surface area contributed by atoms with Gasteiger partial charge in [0.1, 0.15) is 0 Å². The fraction of sp³-hybridized carbons (Fsp3) is 0.625. The quantitative estimate of drug-likeness (QED) is 0.888. The van der Waals surface area contributed by atoms with E-state index in [2.05, 4.69) is 49.9 Å². The van der Waals surface area contributed by atoms with Crippen LogP contribution in [-0.2, 0) is 0 Å². The molecule has 1 atom stereocenters. The molecule has 1 unspecified atom stereocenters. The third kappa shape index (κ3) is 3.12. The molecule has 100 valence electrons. The van der Waals surface area contributed by atoms with Crippen LogP contribution in [0.1, 0.15) is 43.9 Å². The van der Waals surface area contributed by atoms with E-state index in [9.17, 15) is 0 Å². The largest absolute Gasteiger partial charge is 0.329 e. The van der Waals surface area contributed by atoms with Gasteiger partial charge in [-0.25, -0.2) is 0 Å². The lowest BCUT2D eigenvalue weighted by Crippen LogP contribution is -2.44. The Balaban J connectivity index is 2.18. The third-order valence-electron chi connectivity index (χ3n) is 4.02. The number of hydrogen-bond donors (Lipinski definition) is 1. The first kappa shape index (κ1) is 13.6. The first-order chi connectivity index (χ1) is 8.52. The Bertz CT molecular complexity index is 398. The van der Waals surface area contributed by atoms with Crippen molar-refractivity contribution in [2.45, 2.75) is 39.7 Å². The summed E-state index contributed by atoms with van der Waals surface area (Å²) in [4.78, 5) is 2.57. The van der Waals surface area contributed by atoms with E-state index in [1.54, 1.807) is 0 Å². The Kier molecular flexibility index (Phi) is 4.08. The van der Waals surface area contributed by atoms with E-state index in [0.717, 1.165) is 6.54 Å². The second-order valence-electron chi connectivity index (χ2n) is 6.40. The molecule has 1 aromatic carbocycles. The summed E-state index contributed by atoms with van der Waals surface area (Å²) >= 11 is 0. The zero-order valence-corrected chi connectivity index (χ0v) is 11.9. The molecule has 1 aliphatic heterocycles. The van der Waals surface area contributed by atoms with E-state index < -0.39 is 0 Å². The van der Waals surface area contributed by atoms with Crippen LogP contribution in [0.2, 0.25) is 0 Å². The van der Waals surface area contributed by atoms with Crippen molar-refractivity contribution in [2.24, 2.45) is 11.1 Å². The van der Waals surface area contributed by atoms with Crippen LogP contribution in [0.5, 0.6) is 0 Å². The number of piperidine rings is 1. The molecule has 2 rings (SSSR count). The minimum Gasteiger partial charge on any atom is -0.329 e. The van der Waals surface area contributed by atoms with Crippen molar-refractivity contribution < 1.29 is 0 Å². The lowest BCUT2D eigenvalue weighted by atomic mass is 9.83. The van der Waals surface area contributed by atoms with Gasteiger partial charge in [0.25, 0.3) is 0 Å². The molecular formula is C16H26N2. The van der Waals surface area contributed by atoms with Crippen molar-refractivity contribution >= 4 is 0 Å². The summed E-state index contributed by atoms with van der Waals surface area (Å²) in [6.45, 7) is 9.92. The summed E-state index contributed by atoms with van der Waals surface area (Å²) in [6.07, 6.45) is 2.62. The molecule has 2 nitrogen and oxygen atoms in total. The number of nitrogens with two attached hydrogens (primary N) is 1. The summed E-state index contributed by atoms with van der Waals surface area (Å²) < 4.78 is 0. The van der Waals surface area contributed by atoms with E-state index >= 15 is 0 Å². The Labute approximate surface area is 111 Å². The van der Waals surface area contributed by atoms with Crippen molar-refractivity contribution in [1.29, 1.82) is 0 Å². The SMILES string of the molecule is Cc1cccc(C(CN)N2CCCC(C)(C)C2)c1. The summed E-state index contributed by atoms with van der Waals surface area (Å²) in [5.74, 6) is 0. The van der Waals surface area contributed by atoms with Crippen LogP contribution in [0.25, 0.3) is 0 Å². The number of rotatable bonds is 3. The number of benzene rings is 1. The minimum absolute atomic E-state index is 0.379. The molecule has 1 fully saturated rings. The zero-order valence-electron chi connectivity index (χ0n) is 11.9. The molecule has 2 heteroatoms. The third-order valence-corrected chi connectivity index (χ3v) is 4.02. The van der Waals surface area contributed by atoms with Crippen molar-refractivity contribution in [3.8, 4) is 0 Å². The van der Waals surface area contributed by atoms with Gasteiger partial charge in [-0.15, -0.1) is 0 Å². The van der Waals surface area contributed by atoms with Crippen LogP contribution in [0, 0.1) is 12.3 Å². The van der Waals surface area contributed by atoms with Crippen molar-refractivity contribution in [2.75, 3.05) is 19.6 Å². The second kappa shape index (κ2) is 5.41. The van der Waals surface area contributed by atoms with E-state index in [1.165, 1.54) is 30.5 Å². The van der Waals surface area contributed by atoms with Gasteiger partial charge in [-0.3, -0.25) is 4.90 Å². The molecule has 1 saturated heterocycles. The average Bonchev–Trinajstić information content (AvgIpc) is 2.29. The normalized spacial score (nSPS) is 21.8. The van der Waals surface area contributed by atoms with E-state index in [0.29, 0.717) is 18.0 Å². The van der Waals surface area contributed by atoms with Gasteiger partial charge in [-0.2, -0.15) is 0 Å². The molecule has 0 spiro atoms. The molecular weight excluding hydrogens is 220 g/mol. The van der Waals surface area contributed by atoms with Gasteiger partial charge in [0.05, 0.1) is 0 Å². The highest BCUT2D eigenvalue weighted by Gasteiger charge is 2.30. The van der Waals surface area contributed by atoms with Crippen molar-refractivity contribution in [3.63, 3.8) is 0 Å². The first-order valence-electron chi connectivity index (χ1n) is 7.02. The van der Waals surface area contributed by atoms with E-state index in [1.807, 2.05) is 0 Å². The molecule has 0 bridgehead atoms. The molecule has 18 heavy (non-hydrogen) atoms. The molecule has 0 radical (unpaired) electrons. The van der Waals surface area contributed by atoms with Gasteiger partial charge in [-0.05, 0) is 37.3 Å². The van der Waals surface area contributed by atoms with Crippen LogP contribution in [0.3, 0.4) is 0 Å². The Morgan fingerprint density at radius 1 is 1.39 bits per heavy atom. The summed E-state index contributed by atoms with van der Waals surface area (Å²) in [5, 5.41) is 0. The number of hydrogen-bond acceptors (Lipinski definition) is 2. The fourth-order valence-corrected chi connectivity index (χ4v) is 3.11. The summed E-state index contributed by atoms with van der Waals surface area (Å²) in [7, 11) is 0. The molecule has 0 aliphatic carbocycles. The monoisotopic (exact) mass is 246 g/mol. The van der Waals surface area contributed by atoms with Crippen molar-refractivity contribution in [1.82, 2.24) is 4.90 Å². The maximum atomic E-state index is 6.03. The molecule has 2 N–H and O–H groups in total. The van der Waals surface area contributed by atoms with Gasteiger partial charge in [-0.1, -0.05) is 43.7 Å². The molecule has 1 aromatic rings. The molecule has 1 heterocycles. The first-order valence-corrected chi connectivity index (χ1v) is 7.02. The number of aryl methyl sites for hydroxylation is 1. The topological polar surface area (TPSA) is 29.3 Å². The lowest BCUT2D eigenvalue weighted by molar-refractivity contribution is 0.0807. The Morgan fingerprint density at radius 3 is 2.78 bits per heavy atom. The predicted molar refractivity (Wildman–Crippen MR) is 77.6 cm³/mol. The molecule has 1 aliphatic rings. The minimum atomic E-state index is 0.379. The smallest absolute Gasteiger partial charge is 0.0470 e. The van der Waals surface area contributed by atoms with E-state index in [4.69, 9.17) is 5.73 Å². The Morgan fingerprint density at radius 2 is 2.17 bits per heavy atom. The number of nitrogens with zero attached hydrogens (tertiary/aromatic N) is 1. The maximum absolute atomic E-state index is 6.03. The van der Waals surface area contributed by atoms with Crippen LogP contribution < -0.4 is 5.73 Å². The Hall–Kier alpha value is -0.860. The molecule has 0 saturated carbocycles. The highest BCUT2D eigenvalue weighted by atomic mass is 15.2. The summed E-state index contributed by atoms with van der Waals surface area (Å²) in [6, 6.07) is 9.16. The maximum Gasteiger partial charge on any atom is 0.0470 e. The van der Waals surface area contributed by atoms with Crippen LogP contribution in [-0.4, -0.2) is 24.5 Å². The highest BCUT2D eigenvalue weighted by molar-refractivity contribution is 5.25. The number of likely N-dealkylation sites (tertiary alicyclic amines) is 1. The lowest BCUT2D eigenvalue weighted by Gasteiger charge is -2.42. The van der Waals surface area contributed by atoms with Crippen molar-refractivity contribution in [3.05, 3.63) is 35.4 Å². The van der Waals surface area contributed by atoms with Gasteiger partial charge in [0.15, 0.2) is 0 Å². The van der Waals surface area contributed by atoms with Crippen LogP contribution in [0.4, 0.5) is 0 Å². The van der Waals surface area contributed by atoms with E-state index in [-0.39, 0.29) is 0 Å². The standard InChI is InChI=1S/C16H26N2/c1-13-6-4-7-14(10-13)15(11-17)18-9-5-8-16(2,3)12-18/h4,6-7,10,15H,5,8-9,11-12,17H2,1-3H3. The summed E-state index contributed by atoms with van der Waals surface area (Å²) in [5.41, 5.74) is 9.15. The van der Waals surface area contributed by atoms with Gasteiger partial charge in [0, 0.05) is 19.1 Å². The predicted octanol–water partition coefficient (Wildman–Crippen LogP) is 3.12. The second-order valence-corrected chi connectivity index (χ2v) is 6.40. The zero-order chi connectivity index (χ0) is 13.2. The molecule has 0 aromatic heterocycles. The van der Waals surface area contributed by atoms with Gasteiger partial charge >= 0.3 is 0 Å².